The molecular formula is C13H11F3N2O2S. The number of thiazole rings is 1. The molecule has 112 valence electrons. The highest BCUT2D eigenvalue weighted by Gasteiger charge is 2.30. The summed E-state index contributed by atoms with van der Waals surface area (Å²) in [6.07, 6.45) is -4.40. The number of aromatic nitrogens is 1. The van der Waals surface area contributed by atoms with E-state index in [1.54, 1.807) is 5.38 Å². The quantitative estimate of drug-likeness (QED) is 0.940. The van der Waals surface area contributed by atoms with Crippen LogP contribution in [-0.4, -0.2) is 24.6 Å². The number of rotatable bonds is 4. The summed E-state index contributed by atoms with van der Waals surface area (Å²) in [6.45, 7) is -0.113. The lowest BCUT2D eigenvalue weighted by atomic mass is 10.1. The van der Waals surface area contributed by atoms with Gasteiger partial charge < -0.3 is 4.74 Å². The fraction of sp³-hybridized carbons (Fsp3) is 0.231. The summed E-state index contributed by atoms with van der Waals surface area (Å²) in [5.41, 5.74) is -0.0231. The van der Waals surface area contributed by atoms with E-state index < -0.39 is 11.7 Å². The molecule has 2 aromatic rings. The number of amides is 1. The van der Waals surface area contributed by atoms with Gasteiger partial charge in [0.05, 0.1) is 11.3 Å². The first-order chi connectivity index (χ1) is 9.90. The Kier molecular flexibility index (Phi) is 4.59. The van der Waals surface area contributed by atoms with E-state index in [2.05, 4.69) is 15.0 Å². The predicted octanol–water partition coefficient (Wildman–Crippen LogP) is 3.41. The maximum Gasteiger partial charge on any atom is 0.416 e. The molecule has 1 aromatic carbocycles. The molecule has 4 nitrogen and oxygen atoms in total. The molecule has 0 spiro atoms. The van der Waals surface area contributed by atoms with E-state index in [1.807, 2.05) is 0 Å². The van der Waals surface area contributed by atoms with Crippen molar-refractivity contribution in [2.24, 2.45) is 0 Å². The summed E-state index contributed by atoms with van der Waals surface area (Å²) in [4.78, 5) is 15.4. The van der Waals surface area contributed by atoms with Crippen molar-refractivity contribution >= 4 is 22.4 Å². The molecule has 0 fully saturated rings. The third kappa shape index (κ3) is 4.02. The van der Waals surface area contributed by atoms with E-state index in [9.17, 15) is 18.0 Å². The third-order valence-electron chi connectivity index (χ3n) is 2.51. The summed E-state index contributed by atoms with van der Waals surface area (Å²) in [5.74, 6) is -0.373. The van der Waals surface area contributed by atoms with Gasteiger partial charge in [0.1, 0.15) is 6.61 Å². The zero-order valence-electron chi connectivity index (χ0n) is 10.9. The van der Waals surface area contributed by atoms with Gasteiger partial charge in [0, 0.05) is 18.1 Å². The first-order valence-corrected chi connectivity index (χ1v) is 6.70. The zero-order valence-corrected chi connectivity index (χ0v) is 11.7. The number of hydrogen-bond donors (Lipinski definition) is 1. The molecule has 0 radical (unpaired) electrons. The number of benzene rings is 1. The van der Waals surface area contributed by atoms with Crippen LogP contribution in [0.3, 0.4) is 0 Å². The summed E-state index contributed by atoms with van der Waals surface area (Å²) < 4.78 is 42.6. The minimum atomic E-state index is -4.40. The Labute approximate surface area is 122 Å². The zero-order chi connectivity index (χ0) is 15.5. The second-order valence-corrected chi connectivity index (χ2v) is 4.96. The molecule has 8 heteroatoms. The van der Waals surface area contributed by atoms with Gasteiger partial charge in [-0.05, 0) is 12.1 Å². The monoisotopic (exact) mass is 316 g/mol. The van der Waals surface area contributed by atoms with Gasteiger partial charge in [0.2, 0.25) is 0 Å². The maximum absolute atomic E-state index is 12.7. The minimum absolute atomic E-state index is 0.113. The van der Waals surface area contributed by atoms with Crippen molar-refractivity contribution in [3.05, 3.63) is 35.2 Å². The number of nitrogens with one attached hydrogen (secondary N) is 1. The highest BCUT2D eigenvalue weighted by atomic mass is 32.1. The highest BCUT2D eigenvalue weighted by molar-refractivity contribution is 7.14. The second-order valence-electron chi connectivity index (χ2n) is 4.10. The van der Waals surface area contributed by atoms with Gasteiger partial charge >= 0.3 is 6.18 Å². The first kappa shape index (κ1) is 15.5. The molecule has 2 rings (SSSR count). The molecule has 1 N–H and O–H groups in total. The lowest BCUT2D eigenvalue weighted by molar-refractivity contribution is -0.137. The van der Waals surface area contributed by atoms with E-state index in [0.29, 0.717) is 16.4 Å². The molecule has 21 heavy (non-hydrogen) atoms. The van der Waals surface area contributed by atoms with Crippen LogP contribution in [0.1, 0.15) is 5.56 Å². The molecule has 0 unspecified atom stereocenters. The Bertz CT molecular complexity index is 640. The van der Waals surface area contributed by atoms with Gasteiger partial charge in [0.25, 0.3) is 5.91 Å². The summed E-state index contributed by atoms with van der Waals surface area (Å²) >= 11 is 1.13. The Morgan fingerprint density at radius 2 is 2.19 bits per heavy atom. The molecule has 1 amide bonds. The number of methoxy groups -OCH3 is 1. The second kappa shape index (κ2) is 6.23. The lowest BCUT2D eigenvalue weighted by Crippen LogP contribution is -2.16. The van der Waals surface area contributed by atoms with Gasteiger partial charge in [-0.15, -0.1) is 11.3 Å². The van der Waals surface area contributed by atoms with Crippen LogP contribution in [0.15, 0.2) is 29.6 Å². The van der Waals surface area contributed by atoms with Gasteiger partial charge in [-0.2, -0.15) is 13.2 Å². The molecule has 0 atom stereocenters. The summed E-state index contributed by atoms with van der Waals surface area (Å²) in [7, 11) is 1.38. The van der Waals surface area contributed by atoms with Gasteiger partial charge in [0.15, 0.2) is 5.13 Å². The van der Waals surface area contributed by atoms with E-state index in [-0.39, 0.29) is 12.5 Å². The van der Waals surface area contributed by atoms with Crippen molar-refractivity contribution in [1.29, 1.82) is 0 Å². The molecule has 1 heterocycles. The molecule has 0 aliphatic carbocycles. The number of nitrogens with zero attached hydrogens (tertiary/aromatic N) is 1. The lowest BCUT2D eigenvalue weighted by Gasteiger charge is -2.07. The van der Waals surface area contributed by atoms with Crippen LogP contribution in [0.2, 0.25) is 0 Å². The van der Waals surface area contributed by atoms with Crippen molar-refractivity contribution < 1.29 is 22.7 Å². The van der Waals surface area contributed by atoms with Crippen molar-refractivity contribution in [3.63, 3.8) is 0 Å². The smallest absolute Gasteiger partial charge is 0.375 e. The Balaban J connectivity index is 2.20. The van der Waals surface area contributed by atoms with E-state index in [4.69, 9.17) is 0 Å². The van der Waals surface area contributed by atoms with Crippen LogP contribution in [-0.2, 0) is 15.7 Å². The van der Waals surface area contributed by atoms with Crippen LogP contribution >= 0.6 is 11.3 Å². The van der Waals surface area contributed by atoms with E-state index >= 15 is 0 Å². The van der Waals surface area contributed by atoms with Crippen LogP contribution in [0.4, 0.5) is 18.3 Å². The van der Waals surface area contributed by atoms with Crippen molar-refractivity contribution in [1.82, 2.24) is 4.98 Å². The molecule has 0 bridgehead atoms. The fourth-order valence-corrected chi connectivity index (χ4v) is 2.34. The average Bonchev–Trinajstić information content (AvgIpc) is 2.86. The Hall–Kier alpha value is -1.93. The normalized spacial score (nSPS) is 11.4. The van der Waals surface area contributed by atoms with Crippen molar-refractivity contribution in [3.8, 4) is 11.3 Å². The number of alkyl halides is 3. The molecular weight excluding hydrogens is 305 g/mol. The number of carbonyl (C=O) groups is 1. The van der Waals surface area contributed by atoms with E-state index in [0.717, 1.165) is 23.5 Å². The van der Waals surface area contributed by atoms with Crippen molar-refractivity contribution in [2.75, 3.05) is 19.0 Å². The van der Waals surface area contributed by atoms with Crippen LogP contribution in [0.25, 0.3) is 11.3 Å². The maximum atomic E-state index is 12.7. The molecule has 0 saturated heterocycles. The SMILES string of the molecule is COCC(=O)Nc1nc(-c2cccc(C(F)(F)F)c2)cs1. The topological polar surface area (TPSA) is 51.2 Å². The minimum Gasteiger partial charge on any atom is -0.375 e. The number of hydrogen-bond acceptors (Lipinski definition) is 4. The standard InChI is InChI=1S/C13H11F3N2O2S/c1-20-6-11(19)18-12-17-10(7-21-12)8-3-2-4-9(5-8)13(14,15)16/h2-5,7H,6H2,1H3,(H,17,18,19). The van der Waals surface area contributed by atoms with Crippen LogP contribution in [0, 0.1) is 0 Å². The molecule has 1 aromatic heterocycles. The number of anilines is 1. The molecule has 0 saturated carbocycles. The summed E-state index contributed by atoms with van der Waals surface area (Å²) in [5, 5.41) is 4.39. The van der Waals surface area contributed by atoms with Crippen LogP contribution in [0.5, 0.6) is 0 Å². The number of carbonyl (C=O) groups excluding carboxylic acids is 1. The predicted molar refractivity (Wildman–Crippen MR) is 73.1 cm³/mol. The highest BCUT2D eigenvalue weighted by Crippen LogP contribution is 2.32. The third-order valence-corrected chi connectivity index (χ3v) is 3.27. The fourth-order valence-electron chi connectivity index (χ4n) is 1.61. The Morgan fingerprint density at radius 3 is 2.86 bits per heavy atom. The van der Waals surface area contributed by atoms with Crippen molar-refractivity contribution in [2.45, 2.75) is 6.18 Å². The number of halogens is 3. The number of ether oxygens (including phenoxy) is 1. The molecule has 0 aliphatic heterocycles. The average molecular weight is 316 g/mol. The largest absolute Gasteiger partial charge is 0.416 e. The van der Waals surface area contributed by atoms with E-state index in [1.165, 1.54) is 19.2 Å². The first-order valence-electron chi connectivity index (χ1n) is 5.82. The van der Waals surface area contributed by atoms with Gasteiger partial charge in [-0.1, -0.05) is 12.1 Å². The molecule has 0 aliphatic rings. The summed E-state index contributed by atoms with van der Waals surface area (Å²) in [6, 6.07) is 4.87. The van der Waals surface area contributed by atoms with Gasteiger partial charge in [-0.25, -0.2) is 4.98 Å². The van der Waals surface area contributed by atoms with Gasteiger partial charge in [-0.3, -0.25) is 10.1 Å². The Morgan fingerprint density at radius 1 is 1.43 bits per heavy atom. The van der Waals surface area contributed by atoms with Crippen LogP contribution < -0.4 is 5.32 Å².